The molecule has 2 N–H and O–H groups in total. The molecule has 2 aromatic carbocycles. The van der Waals surface area contributed by atoms with Crippen molar-refractivity contribution < 1.29 is 8.42 Å². The third-order valence-corrected chi connectivity index (χ3v) is 7.65. The maximum Gasteiger partial charge on any atom is 0.263 e. The standard InChI is InChI=1S/C21H23ClN4O2S2/c1-15-12-26(13-16-5-3-2-4-6-16)14-20(15)24-19-8-7-17(11-18(19)22)30(27,28)25-21-23-9-10-29-21/h2-11,15,20,24H,12-14H2,1H3,(H,23,25)/t15-,20?/m0/s1. The number of rotatable bonds is 7. The minimum absolute atomic E-state index is 0.110. The first kappa shape index (κ1) is 21.1. The summed E-state index contributed by atoms with van der Waals surface area (Å²) in [4.78, 5) is 6.49. The van der Waals surface area contributed by atoms with Crippen molar-refractivity contribution in [2.24, 2.45) is 5.92 Å². The van der Waals surface area contributed by atoms with Gasteiger partial charge >= 0.3 is 0 Å². The quantitative estimate of drug-likeness (QED) is 0.539. The van der Waals surface area contributed by atoms with Crippen molar-refractivity contribution in [1.82, 2.24) is 9.88 Å². The predicted octanol–water partition coefficient (Wildman–Crippen LogP) is 4.53. The summed E-state index contributed by atoms with van der Waals surface area (Å²) >= 11 is 7.65. The van der Waals surface area contributed by atoms with Crippen LogP contribution in [-0.4, -0.2) is 37.4 Å². The lowest BCUT2D eigenvalue weighted by molar-refractivity contribution is 0.319. The Balaban J connectivity index is 1.42. The molecule has 3 aromatic rings. The number of thiazole rings is 1. The molecule has 1 aromatic heterocycles. The maximum atomic E-state index is 12.5. The van der Waals surface area contributed by atoms with Crippen LogP contribution in [0.4, 0.5) is 10.8 Å². The molecule has 0 aliphatic carbocycles. The van der Waals surface area contributed by atoms with E-state index in [1.54, 1.807) is 23.7 Å². The van der Waals surface area contributed by atoms with Crippen LogP contribution in [0.3, 0.4) is 0 Å². The normalized spacial score (nSPS) is 19.7. The molecule has 0 radical (unpaired) electrons. The third-order valence-electron chi connectivity index (χ3n) is 5.18. The number of aromatic nitrogens is 1. The molecule has 6 nitrogen and oxygen atoms in total. The number of anilines is 2. The highest BCUT2D eigenvalue weighted by atomic mass is 35.5. The zero-order valence-electron chi connectivity index (χ0n) is 16.5. The van der Waals surface area contributed by atoms with E-state index >= 15 is 0 Å². The van der Waals surface area contributed by atoms with Crippen molar-refractivity contribution >= 4 is 43.8 Å². The van der Waals surface area contributed by atoms with Gasteiger partial charge in [-0.1, -0.05) is 48.9 Å². The summed E-state index contributed by atoms with van der Waals surface area (Å²) in [7, 11) is -3.73. The van der Waals surface area contributed by atoms with Crippen molar-refractivity contribution in [1.29, 1.82) is 0 Å². The van der Waals surface area contributed by atoms with Crippen LogP contribution in [-0.2, 0) is 16.6 Å². The summed E-state index contributed by atoms with van der Waals surface area (Å²) in [6, 6.07) is 15.4. The van der Waals surface area contributed by atoms with Gasteiger partial charge in [0.15, 0.2) is 5.13 Å². The lowest BCUT2D eigenvalue weighted by atomic mass is 10.1. The van der Waals surface area contributed by atoms with E-state index in [0.29, 0.717) is 16.1 Å². The molecule has 4 rings (SSSR count). The van der Waals surface area contributed by atoms with Crippen molar-refractivity contribution in [3.8, 4) is 0 Å². The maximum absolute atomic E-state index is 12.5. The fourth-order valence-corrected chi connectivity index (χ4v) is 5.77. The number of halogens is 1. The molecular formula is C21H23ClN4O2S2. The molecule has 2 atom stereocenters. The smallest absolute Gasteiger partial charge is 0.263 e. The number of hydrogen-bond acceptors (Lipinski definition) is 6. The van der Waals surface area contributed by atoms with Crippen LogP contribution in [0.2, 0.25) is 5.02 Å². The van der Waals surface area contributed by atoms with E-state index in [2.05, 4.69) is 51.1 Å². The lowest BCUT2D eigenvalue weighted by Crippen LogP contribution is -2.28. The van der Waals surface area contributed by atoms with Crippen LogP contribution >= 0.6 is 22.9 Å². The molecule has 1 aliphatic heterocycles. The fraction of sp³-hybridized carbons (Fsp3) is 0.286. The van der Waals surface area contributed by atoms with Crippen LogP contribution in [0.25, 0.3) is 0 Å². The fourth-order valence-electron chi connectivity index (χ4n) is 3.65. The Kier molecular flexibility index (Phi) is 6.29. The van der Waals surface area contributed by atoms with Gasteiger partial charge in [-0.25, -0.2) is 13.4 Å². The molecule has 1 unspecified atom stereocenters. The van der Waals surface area contributed by atoms with Gasteiger partial charge in [0.2, 0.25) is 0 Å². The molecule has 1 fully saturated rings. The minimum atomic E-state index is -3.73. The number of nitrogens with one attached hydrogen (secondary N) is 2. The van der Waals surface area contributed by atoms with Gasteiger partial charge in [0.25, 0.3) is 10.0 Å². The Bertz CT molecular complexity index is 1090. The molecule has 0 amide bonds. The number of nitrogens with zero attached hydrogens (tertiary/aromatic N) is 2. The molecule has 1 aliphatic rings. The van der Waals surface area contributed by atoms with Gasteiger partial charge in [-0.3, -0.25) is 9.62 Å². The second-order valence-electron chi connectivity index (χ2n) is 7.49. The zero-order valence-corrected chi connectivity index (χ0v) is 18.8. The number of hydrogen-bond donors (Lipinski definition) is 2. The van der Waals surface area contributed by atoms with Crippen LogP contribution in [0.1, 0.15) is 12.5 Å². The highest BCUT2D eigenvalue weighted by molar-refractivity contribution is 7.93. The first-order valence-electron chi connectivity index (χ1n) is 9.65. The molecule has 158 valence electrons. The van der Waals surface area contributed by atoms with Gasteiger partial charge in [0.05, 0.1) is 15.6 Å². The average molecular weight is 463 g/mol. The van der Waals surface area contributed by atoms with E-state index in [1.807, 2.05) is 6.07 Å². The second kappa shape index (κ2) is 8.93. The molecule has 2 heterocycles. The number of sulfonamides is 1. The summed E-state index contributed by atoms with van der Waals surface area (Å²) in [6.45, 7) is 5.02. The van der Waals surface area contributed by atoms with E-state index in [-0.39, 0.29) is 10.9 Å². The molecular weight excluding hydrogens is 440 g/mol. The second-order valence-corrected chi connectivity index (χ2v) is 10.5. The first-order valence-corrected chi connectivity index (χ1v) is 12.4. The topological polar surface area (TPSA) is 74.3 Å². The summed E-state index contributed by atoms with van der Waals surface area (Å²) in [6.07, 6.45) is 1.55. The first-order chi connectivity index (χ1) is 14.4. The Hall–Kier alpha value is -2.13. The summed E-state index contributed by atoms with van der Waals surface area (Å²) in [5.41, 5.74) is 2.04. The molecule has 30 heavy (non-hydrogen) atoms. The van der Waals surface area contributed by atoms with Gasteiger partial charge in [-0.15, -0.1) is 11.3 Å². The Labute approximate surface area is 186 Å². The molecule has 0 bridgehead atoms. The number of benzene rings is 2. The lowest BCUT2D eigenvalue weighted by Gasteiger charge is -2.20. The molecule has 1 saturated heterocycles. The SMILES string of the molecule is C[C@H]1CN(Cc2ccccc2)CC1Nc1ccc(S(=O)(=O)Nc2nccs2)cc1Cl. The van der Waals surface area contributed by atoms with E-state index in [4.69, 9.17) is 11.6 Å². The summed E-state index contributed by atoms with van der Waals surface area (Å²) in [5.74, 6) is 0.444. The largest absolute Gasteiger partial charge is 0.379 e. The van der Waals surface area contributed by atoms with Crippen molar-refractivity contribution in [2.45, 2.75) is 24.4 Å². The van der Waals surface area contributed by atoms with Crippen molar-refractivity contribution in [3.05, 3.63) is 70.7 Å². The van der Waals surface area contributed by atoms with Gasteiger partial charge in [0.1, 0.15) is 0 Å². The Morgan fingerprint density at radius 1 is 1.20 bits per heavy atom. The van der Waals surface area contributed by atoms with Gasteiger partial charge in [-0.2, -0.15) is 0 Å². The van der Waals surface area contributed by atoms with Crippen LogP contribution in [0.15, 0.2) is 65.0 Å². The van der Waals surface area contributed by atoms with Crippen LogP contribution in [0, 0.1) is 5.92 Å². The summed E-state index contributed by atoms with van der Waals surface area (Å²) in [5, 5.41) is 5.92. The van der Waals surface area contributed by atoms with E-state index < -0.39 is 10.0 Å². The molecule has 9 heteroatoms. The molecule has 0 saturated carbocycles. The van der Waals surface area contributed by atoms with Crippen LogP contribution < -0.4 is 10.0 Å². The van der Waals surface area contributed by atoms with Gasteiger partial charge in [-0.05, 0) is 29.7 Å². The van der Waals surface area contributed by atoms with Gasteiger partial charge in [0, 0.05) is 37.3 Å². The molecule has 0 spiro atoms. The summed E-state index contributed by atoms with van der Waals surface area (Å²) < 4.78 is 27.6. The van der Waals surface area contributed by atoms with E-state index in [0.717, 1.165) is 25.3 Å². The monoisotopic (exact) mass is 462 g/mol. The number of likely N-dealkylation sites (tertiary alicyclic amines) is 1. The minimum Gasteiger partial charge on any atom is -0.379 e. The Morgan fingerprint density at radius 2 is 2.00 bits per heavy atom. The van der Waals surface area contributed by atoms with E-state index in [1.165, 1.54) is 23.0 Å². The van der Waals surface area contributed by atoms with Gasteiger partial charge < -0.3 is 5.32 Å². The van der Waals surface area contributed by atoms with E-state index in [9.17, 15) is 8.42 Å². The van der Waals surface area contributed by atoms with Crippen molar-refractivity contribution in [2.75, 3.05) is 23.1 Å². The highest BCUT2D eigenvalue weighted by Gasteiger charge is 2.30. The van der Waals surface area contributed by atoms with Crippen molar-refractivity contribution in [3.63, 3.8) is 0 Å². The van der Waals surface area contributed by atoms with Crippen LogP contribution in [0.5, 0.6) is 0 Å². The zero-order chi connectivity index (χ0) is 21.1. The Morgan fingerprint density at radius 3 is 2.70 bits per heavy atom. The highest BCUT2D eigenvalue weighted by Crippen LogP contribution is 2.30. The predicted molar refractivity (Wildman–Crippen MR) is 123 cm³/mol. The third kappa shape index (κ3) is 4.95. The average Bonchev–Trinajstić information content (AvgIpc) is 3.33.